The van der Waals surface area contributed by atoms with E-state index >= 15 is 0 Å². The molecule has 0 fully saturated rings. The van der Waals surface area contributed by atoms with Gasteiger partial charge >= 0.3 is 6.18 Å². The second-order valence-corrected chi connectivity index (χ2v) is 3.53. The van der Waals surface area contributed by atoms with Gasteiger partial charge in [0.15, 0.2) is 0 Å². The first-order valence-corrected chi connectivity index (χ1v) is 4.78. The molecule has 0 saturated heterocycles. The van der Waals surface area contributed by atoms with Crippen LogP contribution >= 0.6 is 0 Å². The van der Waals surface area contributed by atoms with Crippen LogP contribution in [0.1, 0.15) is 25.1 Å². The van der Waals surface area contributed by atoms with Crippen LogP contribution in [0.25, 0.3) is 0 Å². The molecule has 0 spiro atoms. The van der Waals surface area contributed by atoms with E-state index in [9.17, 15) is 13.2 Å². The number of aromatic nitrogens is 1. The second-order valence-electron chi connectivity index (χ2n) is 3.53. The Morgan fingerprint density at radius 1 is 1.38 bits per heavy atom. The number of halogens is 3. The second kappa shape index (κ2) is 4.69. The summed E-state index contributed by atoms with van der Waals surface area (Å²) in [7, 11) is 0. The zero-order chi connectivity index (χ0) is 12.3. The van der Waals surface area contributed by atoms with Crippen molar-refractivity contribution in [3.05, 3.63) is 23.4 Å². The van der Waals surface area contributed by atoms with Gasteiger partial charge in [-0.1, -0.05) is 6.07 Å². The minimum absolute atomic E-state index is 0.0488. The van der Waals surface area contributed by atoms with Crippen LogP contribution in [0, 0.1) is 0 Å². The lowest BCUT2D eigenvalue weighted by Gasteiger charge is -2.14. The lowest BCUT2D eigenvalue weighted by Crippen LogP contribution is -2.14. The zero-order valence-corrected chi connectivity index (χ0v) is 9.01. The predicted octanol–water partition coefficient (Wildman–Crippen LogP) is 2.35. The summed E-state index contributed by atoms with van der Waals surface area (Å²) in [5.41, 5.74) is 4.87. The van der Waals surface area contributed by atoms with Crippen molar-refractivity contribution in [1.29, 1.82) is 0 Å². The van der Waals surface area contributed by atoms with E-state index in [0.717, 1.165) is 6.07 Å². The Kier molecular flexibility index (Phi) is 3.74. The largest absolute Gasteiger partial charge is 0.475 e. The van der Waals surface area contributed by atoms with E-state index < -0.39 is 11.9 Å². The maximum Gasteiger partial charge on any atom is 0.433 e. The van der Waals surface area contributed by atoms with Crippen LogP contribution in [-0.2, 0) is 12.7 Å². The van der Waals surface area contributed by atoms with Gasteiger partial charge in [0, 0.05) is 12.1 Å². The van der Waals surface area contributed by atoms with Crippen molar-refractivity contribution in [3.63, 3.8) is 0 Å². The van der Waals surface area contributed by atoms with Crippen molar-refractivity contribution in [3.8, 4) is 5.88 Å². The van der Waals surface area contributed by atoms with Crippen LogP contribution in [-0.4, -0.2) is 11.1 Å². The highest BCUT2D eigenvalue weighted by Crippen LogP contribution is 2.30. The van der Waals surface area contributed by atoms with Crippen molar-refractivity contribution in [1.82, 2.24) is 4.98 Å². The van der Waals surface area contributed by atoms with E-state index in [1.807, 2.05) is 0 Å². The molecule has 0 radical (unpaired) electrons. The number of pyridine rings is 1. The Labute approximate surface area is 91.4 Å². The molecule has 0 aliphatic carbocycles. The number of nitrogens with two attached hydrogens (primary N) is 1. The first kappa shape index (κ1) is 12.8. The van der Waals surface area contributed by atoms with Crippen molar-refractivity contribution in [2.75, 3.05) is 0 Å². The lowest BCUT2D eigenvalue weighted by molar-refractivity contribution is -0.141. The Morgan fingerprint density at radius 2 is 2.00 bits per heavy atom. The highest BCUT2D eigenvalue weighted by atomic mass is 19.4. The van der Waals surface area contributed by atoms with Crippen molar-refractivity contribution in [2.24, 2.45) is 5.73 Å². The topological polar surface area (TPSA) is 48.1 Å². The predicted molar refractivity (Wildman–Crippen MR) is 52.9 cm³/mol. The summed E-state index contributed by atoms with van der Waals surface area (Å²) in [5, 5.41) is 0. The van der Waals surface area contributed by atoms with Gasteiger partial charge < -0.3 is 10.5 Å². The average molecular weight is 234 g/mol. The Balaban J connectivity index is 3.11. The monoisotopic (exact) mass is 234 g/mol. The quantitative estimate of drug-likeness (QED) is 0.873. The van der Waals surface area contributed by atoms with Gasteiger partial charge in [-0.2, -0.15) is 13.2 Å². The van der Waals surface area contributed by atoms with Gasteiger partial charge in [-0.25, -0.2) is 4.98 Å². The third-order valence-corrected chi connectivity index (χ3v) is 1.80. The molecule has 0 aliphatic heterocycles. The molecule has 1 aromatic heterocycles. The molecule has 90 valence electrons. The fourth-order valence-corrected chi connectivity index (χ4v) is 1.11. The summed E-state index contributed by atoms with van der Waals surface area (Å²) in [6.45, 7) is 3.51. The van der Waals surface area contributed by atoms with Gasteiger partial charge in [-0.15, -0.1) is 0 Å². The Hall–Kier alpha value is -1.30. The molecule has 0 atom stereocenters. The first-order valence-electron chi connectivity index (χ1n) is 4.78. The number of hydrogen-bond donors (Lipinski definition) is 1. The number of hydrogen-bond acceptors (Lipinski definition) is 3. The lowest BCUT2D eigenvalue weighted by atomic mass is 10.2. The van der Waals surface area contributed by atoms with Crippen LogP contribution in [0.2, 0.25) is 0 Å². The van der Waals surface area contributed by atoms with Crippen LogP contribution < -0.4 is 10.5 Å². The van der Waals surface area contributed by atoms with Crippen LogP contribution in [0.5, 0.6) is 5.88 Å². The van der Waals surface area contributed by atoms with Crippen molar-refractivity contribution in [2.45, 2.75) is 32.7 Å². The Morgan fingerprint density at radius 3 is 2.44 bits per heavy atom. The van der Waals surface area contributed by atoms with Crippen molar-refractivity contribution < 1.29 is 17.9 Å². The molecule has 0 amide bonds. The molecule has 16 heavy (non-hydrogen) atoms. The molecule has 1 aromatic rings. The third kappa shape index (κ3) is 3.10. The van der Waals surface area contributed by atoms with E-state index in [2.05, 4.69) is 4.98 Å². The van der Waals surface area contributed by atoms with Gasteiger partial charge in [0.2, 0.25) is 5.88 Å². The van der Waals surface area contributed by atoms with Gasteiger partial charge in [0.25, 0.3) is 0 Å². The van der Waals surface area contributed by atoms with Gasteiger partial charge in [0.05, 0.1) is 6.10 Å². The molecule has 1 rings (SSSR count). The zero-order valence-electron chi connectivity index (χ0n) is 9.01. The van der Waals surface area contributed by atoms with Gasteiger partial charge in [-0.3, -0.25) is 0 Å². The Bertz CT molecular complexity index is 364. The maximum atomic E-state index is 12.4. The summed E-state index contributed by atoms with van der Waals surface area (Å²) in [5.74, 6) is -0.0488. The van der Waals surface area contributed by atoms with E-state index in [1.54, 1.807) is 13.8 Å². The van der Waals surface area contributed by atoms with E-state index in [-0.39, 0.29) is 18.5 Å². The van der Waals surface area contributed by atoms with E-state index in [4.69, 9.17) is 10.5 Å². The smallest absolute Gasteiger partial charge is 0.433 e. The molecule has 0 saturated carbocycles. The van der Waals surface area contributed by atoms with E-state index in [0.29, 0.717) is 5.56 Å². The maximum absolute atomic E-state index is 12.4. The normalized spacial score (nSPS) is 11.9. The summed E-state index contributed by atoms with van der Waals surface area (Å²) >= 11 is 0. The van der Waals surface area contributed by atoms with Crippen LogP contribution in [0.4, 0.5) is 13.2 Å². The molecule has 6 heteroatoms. The third-order valence-electron chi connectivity index (χ3n) is 1.80. The standard InChI is InChI=1S/C10H13F3N2O/c1-6(2)16-9-7(5-14)3-4-8(15-9)10(11,12)13/h3-4,6H,5,14H2,1-2H3. The summed E-state index contributed by atoms with van der Waals surface area (Å²) in [6, 6.07) is 2.18. The molecule has 3 nitrogen and oxygen atoms in total. The highest BCUT2D eigenvalue weighted by molar-refractivity contribution is 5.29. The first-order chi connectivity index (χ1) is 7.34. The molecule has 2 N–H and O–H groups in total. The summed E-state index contributed by atoms with van der Waals surface area (Å²) in [6.07, 6.45) is -4.72. The summed E-state index contributed by atoms with van der Waals surface area (Å²) < 4.78 is 42.4. The molecule has 0 aromatic carbocycles. The fraction of sp³-hybridized carbons (Fsp3) is 0.500. The fourth-order valence-electron chi connectivity index (χ4n) is 1.11. The highest BCUT2D eigenvalue weighted by Gasteiger charge is 2.33. The van der Waals surface area contributed by atoms with Gasteiger partial charge in [0.1, 0.15) is 5.69 Å². The van der Waals surface area contributed by atoms with Crippen LogP contribution in [0.15, 0.2) is 12.1 Å². The molecule has 0 unspecified atom stereocenters. The minimum atomic E-state index is -4.47. The number of alkyl halides is 3. The molecular formula is C10H13F3N2O. The SMILES string of the molecule is CC(C)Oc1nc(C(F)(F)F)ccc1CN. The average Bonchev–Trinajstić information content (AvgIpc) is 2.15. The number of rotatable bonds is 3. The number of ether oxygens (including phenoxy) is 1. The molecular weight excluding hydrogens is 221 g/mol. The molecule has 0 bridgehead atoms. The summed E-state index contributed by atoms with van der Waals surface area (Å²) in [4.78, 5) is 3.43. The number of nitrogens with zero attached hydrogens (tertiary/aromatic N) is 1. The molecule has 0 aliphatic rings. The van der Waals surface area contributed by atoms with Crippen LogP contribution in [0.3, 0.4) is 0 Å². The van der Waals surface area contributed by atoms with E-state index in [1.165, 1.54) is 6.07 Å². The minimum Gasteiger partial charge on any atom is -0.475 e. The van der Waals surface area contributed by atoms with Gasteiger partial charge in [-0.05, 0) is 19.9 Å². The molecule has 1 heterocycles. The van der Waals surface area contributed by atoms with Crippen molar-refractivity contribution >= 4 is 0 Å².